The summed E-state index contributed by atoms with van der Waals surface area (Å²) >= 11 is 6.89. The molecule has 98 valence electrons. The molecule has 0 saturated heterocycles. The maximum absolute atomic E-state index is 10.6. The van der Waals surface area contributed by atoms with E-state index < -0.39 is 6.10 Å². The molecule has 2 aromatic carbocycles. The highest BCUT2D eigenvalue weighted by molar-refractivity contribution is 9.13. The predicted octanol–water partition coefficient (Wildman–Crippen LogP) is 4.23. The minimum Gasteiger partial charge on any atom is -0.493 e. The summed E-state index contributed by atoms with van der Waals surface area (Å²) in [4.78, 5) is 0. The van der Waals surface area contributed by atoms with Crippen molar-refractivity contribution in [2.45, 2.75) is 12.5 Å². The van der Waals surface area contributed by atoms with Gasteiger partial charge in [0.1, 0.15) is 11.9 Å². The Morgan fingerprint density at radius 1 is 1.11 bits per heavy atom. The lowest BCUT2D eigenvalue weighted by atomic mass is 9.98. The molecule has 3 rings (SSSR count). The number of para-hydroxylation sites is 1. The molecule has 2 nitrogen and oxygen atoms in total. The van der Waals surface area contributed by atoms with E-state index in [1.165, 1.54) is 5.56 Å². The number of aliphatic hydroxyl groups is 1. The van der Waals surface area contributed by atoms with E-state index in [4.69, 9.17) is 4.74 Å². The molecule has 1 aliphatic heterocycles. The largest absolute Gasteiger partial charge is 0.493 e. The summed E-state index contributed by atoms with van der Waals surface area (Å²) in [6.45, 7) is 0.698. The molecule has 1 aliphatic rings. The van der Waals surface area contributed by atoms with Crippen LogP contribution in [0.2, 0.25) is 0 Å². The van der Waals surface area contributed by atoms with E-state index in [9.17, 15) is 5.11 Å². The van der Waals surface area contributed by atoms with Gasteiger partial charge in [-0.3, -0.25) is 0 Å². The molecule has 19 heavy (non-hydrogen) atoms. The fraction of sp³-hybridized carbons (Fsp3) is 0.200. The van der Waals surface area contributed by atoms with Crippen molar-refractivity contribution in [3.05, 3.63) is 62.0 Å². The lowest BCUT2D eigenvalue weighted by molar-refractivity contribution is 0.213. The summed E-state index contributed by atoms with van der Waals surface area (Å²) in [5, 5.41) is 10.6. The quantitative estimate of drug-likeness (QED) is 0.840. The first-order chi connectivity index (χ1) is 9.16. The molecule has 2 aromatic rings. The van der Waals surface area contributed by atoms with Crippen molar-refractivity contribution in [2.75, 3.05) is 6.61 Å². The molecule has 0 saturated carbocycles. The van der Waals surface area contributed by atoms with E-state index in [1.54, 1.807) is 0 Å². The monoisotopic (exact) mass is 382 g/mol. The number of hydrogen-bond acceptors (Lipinski definition) is 2. The van der Waals surface area contributed by atoms with E-state index in [-0.39, 0.29) is 0 Å². The van der Waals surface area contributed by atoms with E-state index in [1.807, 2.05) is 30.3 Å². The summed E-state index contributed by atoms with van der Waals surface area (Å²) in [5.41, 5.74) is 2.86. The number of ether oxygens (including phenoxy) is 1. The minimum absolute atomic E-state index is 0.669. The van der Waals surface area contributed by atoms with Crippen LogP contribution in [0.4, 0.5) is 0 Å². The second kappa shape index (κ2) is 5.27. The molecule has 1 heterocycles. The Balaban J connectivity index is 2.02. The average molecular weight is 384 g/mol. The van der Waals surface area contributed by atoms with Gasteiger partial charge in [0.25, 0.3) is 0 Å². The molecule has 0 amide bonds. The van der Waals surface area contributed by atoms with E-state index >= 15 is 0 Å². The van der Waals surface area contributed by atoms with Gasteiger partial charge in [-0.15, -0.1) is 0 Å². The molecule has 0 radical (unpaired) electrons. The number of benzene rings is 2. The fourth-order valence-electron chi connectivity index (χ4n) is 2.32. The van der Waals surface area contributed by atoms with Crippen LogP contribution in [-0.4, -0.2) is 11.7 Å². The third-order valence-corrected chi connectivity index (χ3v) is 5.18. The average Bonchev–Trinajstić information content (AvgIpc) is 2.89. The van der Waals surface area contributed by atoms with Gasteiger partial charge in [0.2, 0.25) is 0 Å². The summed E-state index contributed by atoms with van der Waals surface area (Å²) in [6, 6.07) is 11.7. The number of rotatable bonds is 2. The normalized spacial score (nSPS) is 14.9. The minimum atomic E-state index is -0.669. The molecule has 1 unspecified atom stereocenters. The van der Waals surface area contributed by atoms with Crippen LogP contribution in [-0.2, 0) is 6.42 Å². The summed E-state index contributed by atoms with van der Waals surface area (Å²) < 4.78 is 7.54. The maximum Gasteiger partial charge on any atom is 0.128 e. The third kappa shape index (κ3) is 2.45. The summed E-state index contributed by atoms with van der Waals surface area (Å²) in [5.74, 6) is 0.842. The zero-order chi connectivity index (χ0) is 13.4. The molecule has 1 atom stereocenters. The molecule has 4 heteroatoms. The van der Waals surface area contributed by atoms with Crippen LogP contribution in [0.25, 0.3) is 0 Å². The Kier molecular flexibility index (Phi) is 3.65. The van der Waals surface area contributed by atoms with E-state index in [0.717, 1.165) is 32.2 Å². The van der Waals surface area contributed by atoms with Gasteiger partial charge in [-0.25, -0.2) is 0 Å². The van der Waals surface area contributed by atoms with Crippen LogP contribution >= 0.6 is 31.9 Å². The second-order valence-electron chi connectivity index (χ2n) is 4.51. The van der Waals surface area contributed by atoms with E-state index in [2.05, 4.69) is 37.9 Å². The molecular formula is C15H12Br2O2. The molecule has 0 aromatic heterocycles. The van der Waals surface area contributed by atoms with Crippen LogP contribution in [0.3, 0.4) is 0 Å². The Hall–Kier alpha value is -0.840. The van der Waals surface area contributed by atoms with Crippen LogP contribution in [0.5, 0.6) is 5.75 Å². The molecule has 0 spiro atoms. The van der Waals surface area contributed by atoms with Crippen molar-refractivity contribution in [1.29, 1.82) is 0 Å². The van der Waals surface area contributed by atoms with Crippen molar-refractivity contribution in [3.8, 4) is 5.75 Å². The first-order valence-corrected chi connectivity index (χ1v) is 7.63. The highest BCUT2D eigenvalue weighted by Gasteiger charge is 2.22. The van der Waals surface area contributed by atoms with Gasteiger partial charge in [-0.2, -0.15) is 0 Å². The third-order valence-electron chi connectivity index (χ3n) is 3.30. The van der Waals surface area contributed by atoms with Gasteiger partial charge in [0.15, 0.2) is 0 Å². The van der Waals surface area contributed by atoms with Crippen LogP contribution < -0.4 is 4.74 Å². The standard InChI is InChI=1S/C15H12Br2O2/c16-12-5-4-10(8-13(12)17)14(18)11-3-1-2-9-6-7-19-15(9)11/h1-5,8,14,18H,6-7H2. The van der Waals surface area contributed by atoms with Crippen molar-refractivity contribution in [3.63, 3.8) is 0 Å². The van der Waals surface area contributed by atoms with Crippen LogP contribution in [0, 0.1) is 0 Å². The fourth-order valence-corrected chi connectivity index (χ4v) is 2.96. The smallest absolute Gasteiger partial charge is 0.128 e. The Morgan fingerprint density at radius 2 is 1.95 bits per heavy atom. The number of hydrogen-bond donors (Lipinski definition) is 1. The number of halogens is 2. The van der Waals surface area contributed by atoms with Crippen molar-refractivity contribution in [1.82, 2.24) is 0 Å². The van der Waals surface area contributed by atoms with Gasteiger partial charge in [-0.05, 0) is 55.1 Å². The molecule has 0 aliphatic carbocycles. The highest BCUT2D eigenvalue weighted by atomic mass is 79.9. The molecule has 0 bridgehead atoms. The highest BCUT2D eigenvalue weighted by Crippen LogP contribution is 2.37. The van der Waals surface area contributed by atoms with Gasteiger partial charge in [0, 0.05) is 20.9 Å². The predicted molar refractivity (Wildman–Crippen MR) is 81.5 cm³/mol. The SMILES string of the molecule is OC(c1ccc(Br)c(Br)c1)c1cccc2c1OCC2. The summed E-state index contributed by atoms with van der Waals surface area (Å²) in [7, 11) is 0. The van der Waals surface area contributed by atoms with Gasteiger partial charge >= 0.3 is 0 Å². The lowest BCUT2D eigenvalue weighted by Gasteiger charge is -2.15. The number of aliphatic hydroxyl groups excluding tert-OH is 1. The maximum atomic E-state index is 10.6. The zero-order valence-electron chi connectivity index (χ0n) is 10.1. The zero-order valence-corrected chi connectivity index (χ0v) is 13.2. The second-order valence-corrected chi connectivity index (χ2v) is 6.22. The van der Waals surface area contributed by atoms with E-state index in [0.29, 0.717) is 6.61 Å². The molecule has 1 N–H and O–H groups in total. The van der Waals surface area contributed by atoms with Gasteiger partial charge in [-0.1, -0.05) is 24.3 Å². The van der Waals surface area contributed by atoms with Crippen molar-refractivity contribution < 1.29 is 9.84 Å². The van der Waals surface area contributed by atoms with Crippen LogP contribution in [0.1, 0.15) is 22.8 Å². The topological polar surface area (TPSA) is 29.5 Å². The first kappa shape index (κ1) is 13.2. The van der Waals surface area contributed by atoms with Crippen molar-refractivity contribution in [2.24, 2.45) is 0 Å². The van der Waals surface area contributed by atoms with Gasteiger partial charge < -0.3 is 9.84 Å². The first-order valence-electron chi connectivity index (χ1n) is 6.04. The lowest BCUT2D eigenvalue weighted by Crippen LogP contribution is -2.02. The summed E-state index contributed by atoms with van der Waals surface area (Å²) in [6.07, 6.45) is 0.248. The number of fused-ring (bicyclic) bond motifs is 1. The van der Waals surface area contributed by atoms with Gasteiger partial charge in [0.05, 0.1) is 6.61 Å². The Morgan fingerprint density at radius 3 is 2.74 bits per heavy atom. The molecular weight excluding hydrogens is 372 g/mol. The Labute approximate surface area is 128 Å². The van der Waals surface area contributed by atoms with Crippen molar-refractivity contribution >= 4 is 31.9 Å². The van der Waals surface area contributed by atoms with Crippen LogP contribution in [0.15, 0.2) is 45.3 Å². The molecule has 0 fully saturated rings. The Bertz CT molecular complexity index is 626.